The van der Waals surface area contributed by atoms with Crippen LogP contribution in [-0.4, -0.2) is 9.97 Å². The van der Waals surface area contributed by atoms with Gasteiger partial charge in [0.2, 0.25) is 0 Å². The number of hydrogen-bond acceptors (Lipinski definition) is 4. The van der Waals surface area contributed by atoms with E-state index in [1.807, 2.05) is 42.5 Å². The number of fused-ring (bicyclic) bond motifs is 6. The molecule has 0 fully saturated rings. The fraction of sp³-hybridized carbons (Fsp3) is 0.0196. The molecule has 2 heterocycles. The van der Waals surface area contributed by atoms with Gasteiger partial charge in [0.1, 0.15) is 0 Å². The van der Waals surface area contributed by atoms with Gasteiger partial charge in [0, 0.05) is 16.5 Å². The largest absolute Gasteiger partial charge is 0.449 e. The number of nitrogens with zero attached hydrogens (tertiary/aromatic N) is 2. The predicted molar refractivity (Wildman–Crippen MR) is 220 cm³/mol. The molecular formula is C51H32N2O2. The van der Waals surface area contributed by atoms with Crippen molar-refractivity contribution in [3.63, 3.8) is 0 Å². The van der Waals surface area contributed by atoms with Crippen LogP contribution in [0.15, 0.2) is 194 Å². The molecule has 9 aromatic rings. The third kappa shape index (κ3) is 4.92. The summed E-state index contributed by atoms with van der Waals surface area (Å²) in [6.45, 7) is 0. The molecule has 258 valence electrons. The summed E-state index contributed by atoms with van der Waals surface area (Å²) < 4.78 is 13.4. The van der Waals surface area contributed by atoms with Gasteiger partial charge in [0.15, 0.2) is 28.8 Å². The minimum atomic E-state index is -0.521. The van der Waals surface area contributed by atoms with Crippen LogP contribution in [0.4, 0.5) is 0 Å². The molecule has 4 heteroatoms. The second-order valence-electron chi connectivity index (χ2n) is 14.1. The lowest BCUT2D eigenvalue weighted by Gasteiger charge is -2.34. The standard InChI is InChI=1S/C51H32N2O2/c1-4-14-34(15-5-1)49-40-21-11-13-23-44(40)52-50(53-49)35-26-24-33(25-27-35)36-28-29-45-46(30-36)55-48-32-43-41(31-47(48)54-45)39-20-10-12-22-42(39)51(43,37-16-6-2-7-17-37)38-18-8-3-9-19-38/h1-32H. The van der Waals surface area contributed by atoms with Gasteiger partial charge in [-0.3, -0.25) is 0 Å². The minimum absolute atomic E-state index is 0.521. The highest BCUT2D eigenvalue weighted by Crippen LogP contribution is 2.59. The summed E-state index contributed by atoms with van der Waals surface area (Å²) in [7, 11) is 0. The van der Waals surface area contributed by atoms with E-state index in [0.29, 0.717) is 28.8 Å². The van der Waals surface area contributed by atoms with Crippen molar-refractivity contribution in [3.8, 4) is 67.9 Å². The Labute approximate surface area is 319 Å². The lowest BCUT2D eigenvalue weighted by Crippen LogP contribution is -2.28. The Hall–Kier alpha value is -7.30. The summed E-state index contributed by atoms with van der Waals surface area (Å²) in [6, 6.07) is 67.7. The molecule has 2 aliphatic rings. The smallest absolute Gasteiger partial charge is 0.170 e. The summed E-state index contributed by atoms with van der Waals surface area (Å²) >= 11 is 0. The highest BCUT2D eigenvalue weighted by Gasteiger charge is 2.47. The van der Waals surface area contributed by atoms with Crippen LogP contribution in [0.3, 0.4) is 0 Å². The van der Waals surface area contributed by atoms with Crippen molar-refractivity contribution in [1.82, 2.24) is 9.97 Å². The summed E-state index contributed by atoms with van der Waals surface area (Å²) in [4.78, 5) is 10.0. The fourth-order valence-electron chi connectivity index (χ4n) is 8.53. The van der Waals surface area contributed by atoms with Crippen molar-refractivity contribution in [2.45, 2.75) is 5.41 Å². The van der Waals surface area contributed by atoms with Crippen LogP contribution < -0.4 is 9.47 Å². The van der Waals surface area contributed by atoms with Crippen LogP contribution in [0.1, 0.15) is 22.3 Å². The van der Waals surface area contributed by atoms with Crippen LogP contribution in [-0.2, 0) is 5.41 Å². The molecule has 0 saturated heterocycles. The van der Waals surface area contributed by atoms with Crippen molar-refractivity contribution in [2.24, 2.45) is 0 Å². The number of para-hydroxylation sites is 1. The van der Waals surface area contributed by atoms with Crippen molar-refractivity contribution in [2.75, 3.05) is 0 Å². The molecule has 4 nitrogen and oxygen atoms in total. The van der Waals surface area contributed by atoms with Gasteiger partial charge in [-0.2, -0.15) is 0 Å². The van der Waals surface area contributed by atoms with Crippen LogP contribution >= 0.6 is 0 Å². The molecule has 0 unspecified atom stereocenters. The van der Waals surface area contributed by atoms with Gasteiger partial charge in [-0.1, -0.05) is 164 Å². The second kappa shape index (κ2) is 12.4. The SMILES string of the molecule is c1ccc(-c2nc(-c3ccc(-c4ccc5c(c4)Oc4cc6c(cc4O5)-c4ccccc4C6(c4ccccc4)c4ccccc4)cc3)nc3ccccc23)cc1. The van der Waals surface area contributed by atoms with E-state index in [1.54, 1.807) is 0 Å². The van der Waals surface area contributed by atoms with Gasteiger partial charge in [-0.25, -0.2) is 9.97 Å². The third-order valence-electron chi connectivity index (χ3n) is 11.0. The van der Waals surface area contributed by atoms with Crippen molar-refractivity contribution in [1.29, 1.82) is 0 Å². The Balaban J connectivity index is 0.967. The van der Waals surface area contributed by atoms with Crippen molar-refractivity contribution >= 4 is 10.9 Å². The molecule has 0 saturated carbocycles. The molecule has 0 N–H and O–H groups in total. The fourth-order valence-corrected chi connectivity index (χ4v) is 8.53. The van der Waals surface area contributed by atoms with Crippen LogP contribution in [0.2, 0.25) is 0 Å². The molecular weight excluding hydrogens is 673 g/mol. The highest BCUT2D eigenvalue weighted by atomic mass is 16.6. The summed E-state index contributed by atoms with van der Waals surface area (Å²) in [6.07, 6.45) is 0. The predicted octanol–water partition coefficient (Wildman–Crippen LogP) is 12.9. The minimum Gasteiger partial charge on any atom is -0.449 e. The quantitative estimate of drug-likeness (QED) is 0.179. The van der Waals surface area contributed by atoms with Gasteiger partial charge in [-0.05, 0) is 74.8 Å². The summed E-state index contributed by atoms with van der Waals surface area (Å²) in [5.74, 6) is 3.47. The first-order valence-corrected chi connectivity index (χ1v) is 18.6. The molecule has 0 bridgehead atoms. The summed E-state index contributed by atoms with van der Waals surface area (Å²) in [5, 5.41) is 1.03. The zero-order chi connectivity index (χ0) is 36.3. The Bertz CT molecular complexity index is 2870. The molecule has 0 atom stereocenters. The highest BCUT2D eigenvalue weighted by molar-refractivity contribution is 5.94. The molecule has 0 radical (unpaired) electrons. The molecule has 8 aromatic carbocycles. The van der Waals surface area contributed by atoms with E-state index in [1.165, 1.54) is 27.8 Å². The van der Waals surface area contributed by atoms with E-state index >= 15 is 0 Å². The zero-order valence-electron chi connectivity index (χ0n) is 29.7. The maximum absolute atomic E-state index is 6.77. The van der Waals surface area contributed by atoms with E-state index in [4.69, 9.17) is 19.4 Å². The topological polar surface area (TPSA) is 44.2 Å². The first-order chi connectivity index (χ1) is 27.2. The first-order valence-electron chi connectivity index (χ1n) is 18.6. The maximum atomic E-state index is 6.77. The molecule has 0 amide bonds. The van der Waals surface area contributed by atoms with Gasteiger partial charge < -0.3 is 9.47 Å². The number of benzene rings is 8. The van der Waals surface area contributed by atoms with E-state index in [2.05, 4.69) is 152 Å². The Morgan fingerprint density at radius 3 is 1.71 bits per heavy atom. The van der Waals surface area contributed by atoms with Crippen molar-refractivity contribution in [3.05, 3.63) is 216 Å². The van der Waals surface area contributed by atoms with E-state index in [0.717, 1.165) is 44.4 Å². The molecule has 55 heavy (non-hydrogen) atoms. The lowest BCUT2D eigenvalue weighted by molar-refractivity contribution is 0.359. The number of hydrogen-bond donors (Lipinski definition) is 0. The molecule has 1 aromatic heterocycles. The zero-order valence-corrected chi connectivity index (χ0v) is 29.7. The van der Waals surface area contributed by atoms with Crippen LogP contribution in [0, 0.1) is 0 Å². The van der Waals surface area contributed by atoms with Gasteiger partial charge in [-0.15, -0.1) is 0 Å². The number of aromatic nitrogens is 2. The van der Waals surface area contributed by atoms with E-state index in [9.17, 15) is 0 Å². The normalized spacial score (nSPS) is 13.2. The number of rotatable bonds is 5. The average Bonchev–Trinajstić information content (AvgIpc) is 3.55. The van der Waals surface area contributed by atoms with E-state index < -0.39 is 5.41 Å². The Morgan fingerprint density at radius 2 is 0.945 bits per heavy atom. The molecule has 0 spiro atoms. The summed E-state index contributed by atoms with van der Waals surface area (Å²) in [5.41, 5.74) is 12.6. The third-order valence-corrected chi connectivity index (χ3v) is 11.0. The van der Waals surface area contributed by atoms with Crippen molar-refractivity contribution < 1.29 is 9.47 Å². The lowest BCUT2D eigenvalue weighted by atomic mass is 9.67. The van der Waals surface area contributed by atoms with Gasteiger partial charge in [0.25, 0.3) is 0 Å². The van der Waals surface area contributed by atoms with Gasteiger partial charge in [0.05, 0.1) is 16.6 Å². The monoisotopic (exact) mass is 704 g/mol. The Morgan fingerprint density at radius 1 is 0.364 bits per heavy atom. The van der Waals surface area contributed by atoms with Gasteiger partial charge >= 0.3 is 0 Å². The molecule has 1 aliphatic carbocycles. The average molecular weight is 705 g/mol. The molecule has 11 rings (SSSR count). The second-order valence-corrected chi connectivity index (χ2v) is 14.1. The number of ether oxygens (including phenoxy) is 2. The first kappa shape index (κ1) is 31.2. The maximum Gasteiger partial charge on any atom is 0.170 e. The van der Waals surface area contributed by atoms with Crippen LogP contribution in [0.25, 0.3) is 55.8 Å². The molecule has 1 aliphatic heterocycles. The van der Waals surface area contributed by atoms with E-state index in [-0.39, 0.29) is 0 Å². The Kier molecular flexibility index (Phi) is 7.04. The van der Waals surface area contributed by atoms with Crippen LogP contribution in [0.5, 0.6) is 23.0 Å².